The first-order valence-corrected chi connectivity index (χ1v) is 6.66. The van der Waals surface area contributed by atoms with Gasteiger partial charge in [0.05, 0.1) is 0 Å². The summed E-state index contributed by atoms with van der Waals surface area (Å²) in [6.07, 6.45) is 0.851. The predicted octanol–water partition coefficient (Wildman–Crippen LogP) is 1.31. The fraction of sp³-hybridized carbons (Fsp3) is 0.467. The molecule has 0 aliphatic carbocycles. The predicted molar refractivity (Wildman–Crippen MR) is 73.7 cm³/mol. The highest BCUT2D eigenvalue weighted by atomic mass is 16.2. The number of hydrogen-bond donors (Lipinski definition) is 1. The lowest BCUT2D eigenvalue weighted by Gasteiger charge is -2.24. The molecule has 0 bridgehead atoms. The molecule has 4 nitrogen and oxygen atoms in total. The average molecular weight is 260 g/mol. The SMILES string of the molecule is CCN(CC)C(=O)[C@@]1(C)N[C@]1(C=O)c1ccccc1. The van der Waals surface area contributed by atoms with Gasteiger partial charge in [-0.15, -0.1) is 0 Å². The fourth-order valence-electron chi connectivity index (χ4n) is 2.69. The quantitative estimate of drug-likeness (QED) is 0.641. The van der Waals surface area contributed by atoms with Gasteiger partial charge >= 0.3 is 0 Å². The molecule has 4 heteroatoms. The van der Waals surface area contributed by atoms with Crippen molar-refractivity contribution in [1.82, 2.24) is 10.2 Å². The molecule has 0 unspecified atom stereocenters. The molecule has 102 valence electrons. The Morgan fingerprint density at radius 2 is 1.84 bits per heavy atom. The molecule has 1 aliphatic rings. The van der Waals surface area contributed by atoms with E-state index in [1.165, 1.54) is 0 Å². The summed E-state index contributed by atoms with van der Waals surface area (Å²) in [5.41, 5.74) is -0.871. The Morgan fingerprint density at radius 3 is 2.32 bits per heavy atom. The Hall–Kier alpha value is -1.68. The molecule has 1 aromatic rings. The van der Waals surface area contributed by atoms with Crippen LogP contribution in [0.1, 0.15) is 26.3 Å². The molecular weight excluding hydrogens is 240 g/mol. The number of hydrogen-bond acceptors (Lipinski definition) is 3. The maximum Gasteiger partial charge on any atom is 0.245 e. The van der Waals surface area contributed by atoms with E-state index in [0.29, 0.717) is 13.1 Å². The zero-order chi connectivity index (χ0) is 14.1. The largest absolute Gasteiger partial charge is 0.342 e. The van der Waals surface area contributed by atoms with Gasteiger partial charge in [-0.3, -0.25) is 10.1 Å². The van der Waals surface area contributed by atoms with Crippen molar-refractivity contribution in [2.45, 2.75) is 31.8 Å². The summed E-state index contributed by atoms with van der Waals surface area (Å²) in [6.45, 7) is 6.98. The van der Waals surface area contributed by atoms with Gasteiger partial charge in [-0.2, -0.15) is 0 Å². The Morgan fingerprint density at radius 1 is 1.26 bits per heavy atom. The van der Waals surface area contributed by atoms with E-state index in [9.17, 15) is 9.59 Å². The van der Waals surface area contributed by atoms with E-state index in [1.54, 1.807) is 11.8 Å². The van der Waals surface area contributed by atoms with Gasteiger partial charge in [0, 0.05) is 13.1 Å². The van der Waals surface area contributed by atoms with Crippen LogP contribution in [0.2, 0.25) is 0 Å². The van der Waals surface area contributed by atoms with Crippen molar-refractivity contribution in [2.24, 2.45) is 0 Å². The molecule has 1 aromatic carbocycles. The first-order chi connectivity index (χ1) is 9.05. The van der Waals surface area contributed by atoms with Gasteiger partial charge in [0.25, 0.3) is 0 Å². The zero-order valence-electron chi connectivity index (χ0n) is 11.6. The molecular formula is C15H20N2O2. The van der Waals surface area contributed by atoms with Crippen molar-refractivity contribution < 1.29 is 9.59 Å². The number of carbonyl (C=O) groups excluding carboxylic acids is 2. The minimum absolute atomic E-state index is 0.0200. The normalized spacial score (nSPS) is 28.8. The van der Waals surface area contributed by atoms with Gasteiger partial charge in [-0.1, -0.05) is 30.3 Å². The van der Waals surface area contributed by atoms with Crippen LogP contribution in [0, 0.1) is 0 Å². The lowest BCUT2D eigenvalue weighted by Crippen LogP contribution is -2.44. The first kappa shape index (κ1) is 13.7. The van der Waals surface area contributed by atoms with Gasteiger partial charge in [0.15, 0.2) is 0 Å². The number of rotatable bonds is 5. The summed E-state index contributed by atoms with van der Waals surface area (Å²) >= 11 is 0. The van der Waals surface area contributed by atoms with E-state index < -0.39 is 11.1 Å². The summed E-state index contributed by atoms with van der Waals surface area (Å²) in [5.74, 6) is -0.0200. The molecule has 2 atom stereocenters. The number of likely N-dealkylation sites (N-methyl/N-ethyl adjacent to an activating group) is 1. The number of benzene rings is 1. The standard InChI is InChI=1S/C15H20N2O2/c1-4-17(5-2)13(19)14(3)15(11-18,16-14)12-9-7-6-8-10-12/h6-11,16H,4-5H2,1-3H3/t14-,15-/m1/s1. The number of aldehydes is 1. The third-order valence-corrected chi connectivity index (χ3v) is 4.06. The third-order valence-electron chi connectivity index (χ3n) is 4.06. The molecule has 0 radical (unpaired) electrons. The number of carbonyl (C=O) groups is 2. The molecule has 1 fully saturated rings. The Kier molecular flexibility index (Phi) is 3.45. The van der Waals surface area contributed by atoms with Gasteiger partial charge in [0.2, 0.25) is 5.91 Å². The molecule has 0 saturated carbocycles. The Labute approximate surface area is 113 Å². The molecule has 1 aliphatic heterocycles. The van der Waals surface area contributed by atoms with Crippen LogP contribution in [-0.2, 0) is 15.1 Å². The zero-order valence-corrected chi connectivity index (χ0v) is 11.6. The molecule has 1 amide bonds. The van der Waals surface area contributed by atoms with Crippen molar-refractivity contribution in [3.63, 3.8) is 0 Å². The van der Waals surface area contributed by atoms with E-state index in [2.05, 4.69) is 5.32 Å². The Balaban J connectivity index is 2.33. The Bertz CT molecular complexity index is 484. The summed E-state index contributed by atoms with van der Waals surface area (Å²) in [5, 5.41) is 3.11. The van der Waals surface area contributed by atoms with Gasteiger partial charge < -0.3 is 9.69 Å². The topological polar surface area (TPSA) is 59.3 Å². The smallest absolute Gasteiger partial charge is 0.245 e. The van der Waals surface area contributed by atoms with Crippen LogP contribution in [0.3, 0.4) is 0 Å². The highest BCUT2D eigenvalue weighted by Gasteiger charge is 2.70. The van der Waals surface area contributed by atoms with Crippen molar-refractivity contribution in [3.05, 3.63) is 35.9 Å². The minimum Gasteiger partial charge on any atom is -0.342 e. The van der Waals surface area contributed by atoms with Crippen LogP contribution in [-0.4, -0.2) is 35.7 Å². The van der Waals surface area contributed by atoms with E-state index in [-0.39, 0.29) is 5.91 Å². The minimum atomic E-state index is -0.881. The van der Waals surface area contributed by atoms with Crippen LogP contribution in [0.25, 0.3) is 0 Å². The van der Waals surface area contributed by atoms with Gasteiger partial charge in [-0.25, -0.2) is 0 Å². The van der Waals surface area contributed by atoms with Crippen LogP contribution in [0.4, 0.5) is 0 Å². The van der Waals surface area contributed by atoms with E-state index in [1.807, 2.05) is 44.2 Å². The third kappa shape index (κ3) is 1.87. The number of nitrogens with one attached hydrogen (secondary N) is 1. The van der Waals surface area contributed by atoms with Crippen molar-refractivity contribution >= 4 is 12.2 Å². The van der Waals surface area contributed by atoms with Gasteiger partial charge in [-0.05, 0) is 26.3 Å². The second kappa shape index (κ2) is 4.78. The first-order valence-electron chi connectivity index (χ1n) is 6.66. The second-order valence-electron chi connectivity index (χ2n) is 5.02. The maximum absolute atomic E-state index is 12.5. The van der Waals surface area contributed by atoms with Gasteiger partial charge in [0.1, 0.15) is 17.4 Å². The van der Waals surface area contributed by atoms with Crippen molar-refractivity contribution in [3.8, 4) is 0 Å². The molecule has 1 heterocycles. The molecule has 1 N–H and O–H groups in total. The van der Waals surface area contributed by atoms with E-state index in [4.69, 9.17) is 0 Å². The summed E-state index contributed by atoms with van der Waals surface area (Å²) in [7, 11) is 0. The van der Waals surface area contributed by atoms with Crippen LogP contribution in [0.15, 0.2) is 30.3 Å². The highest BCUT2D eigenvalue weighted by Crippen LogP contribution is 2.46. The second-order valence-corrected chi connectivity index (χ2v) is 5.02. The number of nitrogens with zero attached hydrogens (tertiary/aromatic N) is 1. The average Bonchev–Trinajstić information content (AvgIpc) is 3.09. The molecule has 19 heavy (non-hydrogen) atoms. The lowest BCUT2D eigenvalue weighted by molar-refractivity contribution is -0.134. The summed E-state index contributed by atoms with van der Waals surface area (Å²) < 4.78 is 0. The monoisotopic (exact) mass is 260 g/mol. The molecule has 0 aromatic heterocycles. The van der Waals surface area contributed by atoms with E-state index >= 15 is 0 Å². The van der Waals surface area contributed by atoms with Crippen molar-refractivity contribution in [2.75, 3.05) is 13.1 Å². The lowest BCUT2D eigenvalue weighted by atomic mass is 9.87. The van der Waals surface area contributed by atoms with Crippen molar-refractivity contribution in [1.29, 1.82) is 0 Å². The molecule has 2 rings (SSSR count). The molecule has 0 spiro atoms. The highest BCUT2D eigenvalue weighted by molar-refractivity contribution is 5.99. The van der Waals surface area contributed by atoms with Crippen LogP contribution in [0.5, 0.6) is 0 Å². The molecule has 1 saturated heterocycles. The van der Waals surface area contributed by atoms with E-state index in [0.717, 1.165) is 11.8 Å². The maximum atomic E-state index is 12.5. The van der Waals surface area contributed by atoms with Crippen LogP contribution >= 0.6 is 0 Å². The summed E-state index contributed by atoms with van der Waals surface area (Å²) in [4.78, 5) is 25.9. The van der Waals surface area contributed by atoms with Crippen LogP contribution < -0.4 is 5.32 Å². The number of amides is 1. The summed E-state index contributed by atoms with van der Waals surface area (Å²) in [6, 6.07) is 9.41. The fourth-order valence-corrected chi connectivity index (χ4v) is 2.69.